The Kier molecular flexibility index (Phi) is 4.88. The quantitative estimate of drug-likeness (QED) is 0.898. The van der Waals surface area contributed by atoms with Crippen molar-refractivity contribution in [3.05, 3.63) is 52.0 Å². The van der Waals surface area contributed by atoms with Crippen LogP contribution in [0.2, 0.25) is 0 Å². The van der Waals surface area contributed by atoms with Crippen molar-refractivity contribution in [2.45, 2.75) is 25.9 Å². The van der Waals surface area contributed by atoms with Gasteiger partial charge in [-0.25, -0.2) is 13.8 Å². The summed E-state index contributed by atoms with van der Waals surface area (Å²) in [5, 5.41) is 2.94. The van der Waals surface area contributed by atoms with Crippen LogP contribution in [-0.2, 0) is 6.54 Å². The maximum Gasteiger partial charge on any atom is 0.132 e. The Hall–Kier alpha value is -1.27. The van der Waals surface area contributed by atoms with Gasteiger partial charge in [0.05, 0.1) is 6.04 Å². The standard InChI is InChI=1S/C14H16BrF2N3/c1-3-5-20-6-4-19-14(20)13(18-2)12-10(16)7-9(15)8-11(12)17/h4,6-8,13,18H,3,5H2,1-2H3. The van der Waals surface area contributed by atoms with E-state index in [2.05, 4.69) is 26.2 Å². The van der Waals surface area contributed by atoms with Crippen LogP contribution in [0.3, 0.4) is 0 Å². The van der Waals surface area contributed by atoms with Crippen LogP contribution in [0.15, 0.2) is 29.0 Å². The number of hydrogen-bond donors (Lipinski definition) is 1. The van der Waals surface area contributed by atoms with Gasteiger partial charge in [-0.3, -0.25) is 0 Å². The van der Waals surface area contributed by atoms with E-state index in [1.54, 1.807) is 13.2 Å². The summed E-state index contributed by atoms with van der Waals surface area (Å²) in [5.41, 5.74) is -0.0146. The molecule has 108 valence electrons. The lowest BCUT2D eigenvalue weighted by molar-refractivity contribution is 0.495. The van der Waals surface area contributed by atoms with Crippen molar-refractivity contribution in [2.24, 2.45) is 0 Å². The number of imidazole rings is 1. The van der Waals surface area contributed by atoms with Crippen LogP contribution in [0.5, 0.6) is 0 Å². The molecule has 2 aromatic rings. The van der Waals surface area contributed by atoms with E-state index in [1.165, 1.54) is 12.1 Å². The summed E-state index contributed by atoms with van der Waals surface area (Å²) < 4.78 is 30.5. The fourth-order valence-electron chi connectivity index (χ4n) is 2.24. The molecule has 2 rings (SSSR count). The first-order valence-corrected chi connectivity index (χ1v) is 7.20. The van der Waals surface area contributed by atoms with E-state index in [1.807, 2.05) is 17.7 Å². The second-order valence-electron chi connectivity index (χ2n) is 4.48. The number of rotatable bonds is 5. The number of benzene rings is 1. The molecule has 0 fully saturated rings. The van der Waals surface area contributed by atoms with Gasteiger partial charge in [-0.1, -0.05) is 22.9 Å². The molecular weight excluding hydrogens is 328 g/mol. The third-order valence-electron chi connectivity index (χ3n) is 3.09. The predicted octanol–water partition coefficient (Wildman–Crippen LogP) is 3.64. The number of nitrogens with zero attached hydrogens (tertiary/aromatic N) is 2. The first-order chi connectivity index (χ1) is 9.58. The van der Waals surface area contributed by atoms with Crippen LogP contribution >= 0.6 is 15.9 Å². The maximum atomic E-state index is 14.1. The highest BCUT2D eigenvalue weighted by Crippen LogP contribution is 2.28. The summed E-state index contributed by atoms with van der Waals surface area (Å²) in [7, 11) is 1.66. The zero-order valence-corrected chi connectivity index (χ0v) is 12.9. The molecule has 0 aliphatic heterocycles. The minimum absolute atomic E-state index is 0.0146. The maximum absolute atomic E-state index is 14.1. The zero-order chi connectivity index (χ0) is 14.7. The van der Waals surface area contributed by atoms with Crippen molar-refractivity contribution < 1.29 is 8.78 Å². The fourth-order valence-corrected chi connectivity index (χ4v) is 2.64. The Morgan fingerprint density at radius 2 is 2.00 bits per heavy atom. The second kappa shape index (κ2) is 6.45. The molecule has 1 heterocycles. The molecular formula is C14H16BrF2N3. The molecule has 0 radical (unpaired) electrons. The van der Waals surface area contributed by atoms with Crippen LogP contribution in [-0.4, -0.2) is 16.6 Å². The number of aryl methyl sites for hydroxylation is 1. The Morgan fingerprint density at radius 3 is 2.55 bits per heavy atom. The number of nitrogens with one attached hydrogen (secondary N) is 1. The average molecular weight is 344 g/mol. The molecule has 0 saturated carbocycles. The predicted molar refractivity (Wildman–Crippen MR) is 77.5 cm³/mol. The van der Waals surface area contributed by atoms with E-state index < -0.39 is 17.7 Å². The first-order valence-electron chi connectivity index (χ1n) is 6.41. The van der Waals surface area contributed by atoms with E-state index in [0.29, 0.717) is 10.3 Å². The minimum atomic E-state index is -0.621. The van der Waals surface area contributed by atoms with Gasteiger partial charge < -0.3 is 9.88 Å². The van der Waals surface area contributed by atoms with Crippen LogP contribution in [0.25, 0.3) is 0 Å². The third kappa shape index (κ3) is 2.91. The summed E-state index contributed by atoms with van der Waals surface area (Å²) in [6.45, 7) is 2.80. The fraction of sp³-hybridized carbons (Fsp3) is 0.357. The highest BCUT2D eigenvalue weighted by molar-refractivity contribution is 9.10. The topological polar surface area (TPSA) is 29.9 Å². The lowest BCUT2D eigenvalue weighted by Gasteiger charge is -2.19. The smallest absolute Gasteiger partial charge is 0.132 e. The van der Waals surface area contributed by atoms with Gasteiger partial charge in [0.1, 0.15) is 17.5 Å². The van der Waals surface area contributed by atoms with Crippen LogP contribution in [0.1, 0.15) is 30.8 Å². The monoisotopic (exact) mass is 343 g/mol. The van der Waals surface area contributed by atoms with E-state index in [9.17, 15) is 8.78 Å². The zero-order valence-electron chi connectivity index (χ0n) is 11.3. The van der Waals surface area contributed by atoms with Crippen molar-refractivity contribution in [1.29, 1.82) is 0 Å². The molecule has 1 atom stereocenters. The summed E-state index contributed by atoms with van der Waals surface area (Å²) in [4.78, 5) is 4.24. The number of hydrogen-bond acceptors (Lipinski definition) is 2. The van der Waals surface area contributed by atoms with E-state index in [4.69, 9.17) is 0 Å². The summed E-state index contributed by atoms with van der Waals surface area (Å²) in [6, 6.07) is 1.90. The molecule has 0 saturated heterocycles. The van der Waals surface area contributed by atoms with E-state index >= 15 is 0 Å². The molecule has 1 unspecified atom stereocenters. The SMILES string of the molecule is CCCn1ccnc1C(NC)c1c(F)cc(Br)cc1F. The number of halogens is 3. The molecule has 1 N–H and O–H groups in total. The average Bonchev–Trinajstić information content (AvgIpc) is 2.82. The lowest BCUT2D eigenvalue weighted by Crippen LogP contribution is -2.24. The Labute approximate surface area is 125 Å². The lowest BCUT2D eigenvalue weighted by atomic mass is 10.0. The molecule has 0 aliphatic carbocycles. The molecule has 1 aromatic heterocycles. The van der Waals surface area contributed by atoms with Gasteiger partial charge >= 0.3 is 0 Å². The Balaban J connectivity index is 2.50. The van der Waals surface area contributed by atoms with Crippen molar-refractivity contribution in [3.63, 3.8) is 0 Å². The van der Waals surface area contributed by atoms with Gasteiger partial charge in [0.15, 0.2) is 0 Å². The van der Waals surface area contributed by atoms with Gasteiger partial charge in [0.25, 0.3) is 0 Å². The van der Waals surface area contributed by atoms with Crippen LogP contribution in [0.4, 0.5) is 8.78 Å². The van der Waals surface area contributed by atoms with Gasteiger partial charge in [-0.15, -0.1) is 0 Å². The van der Waals surface area contributed by atoms with E-state index in [0.717, 1.165) is 13.0 Å². The largest absolute Gasteiger partial charge is 0.333 e. The minimum Gasteiger partial charge on any atom is -0.333 e. The molecule has 1 aromatic carbocycles. The highest BCUT2D eigenvalue weighted by Gasteiger charge is 2.24. The normalized spacial score (nSPS) is 12.7. The summed E-state index contributed by atoms with van der Waals surface area (Å²) >= 11 is 3.08. The number of aromatic nitrogens is 2. The van der Waals surface area contributed by atoms with Gasteiger partial charge in [0, 0.05) is 29.0 Å². The Morgan fingerprint density at radius 1 is 1.35 bits per heavy atom. The van der Waals surface area contributed by atoms with Gasteiger partial charge in [-0.2, -0.15) is 0 Å². The first kappa shape index (κ1) is 15.1. The summed E-state index contributed by atoms with van der Waals surface area (Å²) in [6.07, 6.45) is 4.38. The van der Waals surface area contributed by atoms with Crippen molar-refractivity contribution >= 4 is 15.9 Å². The van der Waals surface area contributed by atoms with Crippen LogP contribution < -0.4 is 5.32 Å². The third-order valence-corrected chi connectivity index (χ3v) is 3.55. The van der Waals surface area contributed by atoms with E-state index in [-0.39, 0.29) is 5.56 Å². The highest BCUT2D eigenvalue weighted by atomic mass is 79.9. The van der Waals surface area contributed by atoms with Crippen molar-refractivity contribution in [2.75, 3.05) is 7.05 Å². The van der Waals surface area contributed by atoms with Crippen molar-refractivity contribution in [1.82, 2.24) is 14.9 Å². The Bertz CT molecular complexity index is 575. The summed E-state index contributed by atoms with van der Waals surface area (Å²) in [5.74, 6) is -0.584. The molecule has 3 nitrogen and oxygen atoms in total. The molecule has 0 spiro atoms. The second-order valence-corrected chi connectivity index (χ2v) is 5.40. The molecule has 20 heavy (non-hydrogen) atoms. The van der Waals surface area contributed by atoms with Gasteiger partial charge in [0.2, 0.25) is 0 Å². The van der Waals surface area contributed by atoms with Gasteiger partial charge in [-0.05, 0) is 25.6 Å². The molecule has 6 heteroatoms. The molecule has 0 bridgehead atoms. The molecule has 0 aliphatic rings. The van der Waals surface area contributed by atoms with Crippen LogP contribution in [0, 0.1) is 11.6 Å². The van der Waals surface area contributed by atoms with Crippen molar-refractivity contribution in [3.8, 4) is 0 Å². The molecule has 0 amide bonds.